The molecule has 0 bridgehead atoms. The molecule has 2 aliphatic rings. The van der Waals surface area contributed by atoms with E-state index in [-0.39, 0.29) is 12.5 Å². The van der Waals surface area contributed by atoms with Crippen molar-refractivity contribution in [2.45, 2.75) is 19.3 Å². The Balaban J connectivity index is 1.38. The molecule has 1 heterocycles. The number of hydrogen-bond donors (Lipinski definition) is 1. The number of nitrogens with one attached hydrogen (secondary N) is 1. The second kappa shape index (κ2) is 8.90. The molecular weight excluding hydrogens is 316 g/mol. The van der Waals surface area contributed by atoms with Crippen LogP contribution in [0.1, 0.15) is 19.3 Å². The molecule has 1 atom stereocenters. The molecule has 136 valence electrons. The number of quaternary nitrogens is 1. The molecule has 5 nitrogen and oxygen atoms in total. The zero-order valence-corrected chi connectivity index (χ0v) is 15.1. The van der Waals surface area contributed by atoms with Gasteiger partial charge >= 0.3 is 0 Å². The minimum atomic E-state index is 0.0791. The number of allylic oxidation sites excluding steroid dienone is 2. The lowest BCUT2D eigenvalue weighted by molar-refractivity contribution is -0.907. The SMILES string of the molecule is COc1ccc(OCC(=O)N2CC[NH+](C[C@@H]3CC=CCC3)CC2)cc1. The Hall–Kier alpha value is -2.01. The van der Waals surface area contributed by atoms with Crippen LogP contribution in [0.25, 0.3) is 0 Å². The monoisotopic (exact) mass is 345 g/mol. The molecule has 0 spiro atoms. The standard InChI is InChI=1S/C20H28N2O3/c1-24-18-7-9-19(10-8-18)25-16-20(23)22-13-11-21(12-14-22)15-17-5-3-2-4-6-17/h2-3,7-10,17H,4-6,11-16H2,1H3/p+1/t17-/m1/s1. The van der Waals surface area contributed by atoms with E-state index in [2.05, 4.69) is 12.2 Å². The zero-order valence-electron chi connectivity index (χ0n) is 15.1. The fourth-order valence-corrected chi connectivity index (χ4v) is 3.63. The molecule has 0 aromatic heterocycles. The van der Waals surface area contributed by atoms with E-state index in [9.17, 15) is 4.79 Å². The largest absolute Gasteiger partial charge is 0.497 e. The smallest absolute Gasteiger partial charge is 0.260 e. The maximum Gasteiger partial charge on any atom is 0.260 e. The zero-order chi connectivity index (χ0) is 17.5. The summed E-state index contributed by atoms with van der Waals surface area (Å²) >= 11 is 0. The number of hydrogen-bond acceptors (Lipinski definition) is 3. The molecule has 1 amide bonds. The first-order chi connectivity index (χ1) is 12.2. The van der Waals surface area contributed by atoms with Crippen molar-refractivity contribution >= 4 is 5.91 Å². The number of methoxy groups -OCH3 is 1. The van der Waals surface area contributed by atoms with Crippen molar-refractivity contribution in [2.24, 2.45) is 5.92 Å². The lowest BCUT2D eigenvalue weighted by Gasteiger charge is -2.34. The summed E-state index contributed by atoms with van der Waals surface area (Å²) in [7, 11) is 1.63. The minimum Gasteiger partial charge on any atom is -0.497 e. The highest BCUT2D eigenvalue weighted by atomic mass is 16.5. The van der Waals surface area contributed by atoms with Crippen LogP contribution in [0.5, 0.6) is 11.5 Å². The molecule has 1 aromatic carbocycles. The summed E-state index contributed by atoms with van der Waals surface area (Å²) in [6.45, 7) is 5.12. The van der Waals surface area contributed by atoms with Crippen LogP contribution in [0.3, 0.4) is 0 Å². The molecule has 1 aliphatic carbocycles. The minimum absolute atomic E-state index is 0.0791. The molecule has 0 radical (unpaired) electrons. The first-order valence-electron chi connectivity index (χ1n) is 9.28. The fourth-order valence-electron chi connectivity index (χ4n) is 3.63. The van der Waals surface area contributed by atoms with Crippen molar-refractivity contribution in [1.82, 2.24) is 4.90 Å². The van der Waals surface area contributed by atoms with Crippen LogP contribution < -0.4 is 14.4 Å². The van der Waals surface area contributed by atoms with Gasteiger partial charge < -0.3 is 19.3 Å². The molecule has 1 fully saturated rings. The lowest BCUT2D eigenvalue weighted by Crippen LogP contribution is -3.15. The number of benzene rings is 1. The third-order valence-electron chi connectivity index (χ3n) is 5.20. The van der Waals surface area contributed by atoms with Crippen molar-refractivity contribution in [3.63, 3.8) is 0 Å². The van der Waals surface area contributed by atoms with Gasteiger partial charge in [0.15, 0.2) is 6.61 Å². The topological polar surface area (TPSA) is 43.2 Å². The number of nitrogens with zero attached hydrogens (tertiary/aromatic N) is 1. The van der Waals surface area contributed by atoms with Gasteiger partial charge in [0.05, 0.1) is 39.8 Å². The predicted octanol–water partition coefficient (Wildman–Crippen LogP) is 1.16. The Kier molecular flexibility index (Phi) is 6.34. The van der Waals surface area contributed by atoms with Crippen LogP contribution in [-0.4, -0.2) is 57.2 Å². The highest BCUT2D eigenvalue weighted by Crippen LogP contribution is 2.17. The summed E-state index contributed by atoms with van der Waals surface area (Å²) in [6.07, 6.45) is 8.39. The van der Waals surface area contributed by atoms with Crippen molar-refractivity contribution in [3.05, 3.63) is 36.4 Å². The second-order valence-electron chi connectivity index (χ2n) is 6.95. The second-order valence-corrected chi connectivity index (χ2v) is 6.95. The van der Waals surface area contributed by atoms with Crippen molar-refractivity contribution < 1.29 is 19.2 Å². The third kappa shape index (κ3) is 5.23. The van der Waals surface area contributed by atoms with E-state index in [0.29, 0.717) is 5.75 Å². The average Bonchev–Trinajstić information content (AvgIpc) is 2.68. The van der Waals surface area contributed by atoms with Crippen molar-refractivity contribution in [2.75, 3.05) is 46.4 Å². The Bertz CT molecular complexity index is 577. The van der Waals surface area contributed by atoms with Gasteiger partial charge in [0.25, 0.3) is 5.91 Å². The molecular formula is C20H29N2O3+. The number of carbonyl (C=O) groups excluding carboxylic acids is 1. The van der Waals surface area contributed by atoms with Crippen LogP contribution in [0, 0.1) is 5.92 Å². The Morgan fingerprint density at radius 1 is 1.16 bits per heavy atom. The van der Waals surface area contributed by atoms with Gasteiger partial charge in [-0.2, -0.15) is 0 Å². The van der Waals surface area contributed by atoms with Crippen molar-refractivity contribution in [3.8, 4) is 11.5 Å². The Morgan fingerprint density at radius 2 is 1.88 bits per heavy atom. The Labute approximate surface area is 150 Å². The van der Waals surface area contributed by atoms with E-state index < -0.39 is 0 Å². The number of rotatable bonds is 6. The molecule has 3 rings (SSSR count). The summed E-state index contributed by atoms with van der Waals surface area (Å²) in [6, 6.07) is 7.32. The van der Waals surface area contributed by atoms with E-state index in [1.54, 1.807) is 12.0 Å². The maximum atomic E-state index is 12.3. The normalized spacial score (nSPS) is 21.2. The van der Waals surface area contributed by atoms with Crippen LogP contribution in [0.4, 0.5) is 0 Å². The van der Waals surface area contributed by atoms with Gasteiger partial charge in [-0.3, -0.25) is 4.79 Å². The molecule has 1 aliphatic heterocycles. The molecule has 1 saturated heterocycles. The van der Waals surface area contributed by atoms with E-state index in [4.69, 9.17) is 9.47 Å². The van der Waals surface area contributed by atoms with E-state index in [0.717, 1.165) is 37.8 Å². The summed E-state index contributed by atoms with van der Waals surface area (Å²) < 4.78 is 10.7. The average molecular weight is 345 g/mol. The molecule has 1 aromatic rings. The Morgan fingerprint density at radius 3 is 2.52 bits per heavy atom. The van der Waals surface area contributed by atoms with Gasteiger partial charge in [0.2, 0.25) is 0 Å². The van der Waals surface area contributed by atoms with Gasteiger partial charge in [-0.1, -0.05) is 12.2 Å². The van der Waals surface area contributed by atoms with Gasteiger partial charge in [0, 0.05) is 5.92 Å². The quantitative estimate of drug-likeness (QED) is 0.787. The van der Waals surface area contributed by atoms with E-state index >= 15 is 0 Å². The molecule has 0 saturated carbocycles. The summed E-state index contributed by atoms with van der Waals surface area (Å²) in [4.78, 5) is 15.9. The number of piperazine rings is 1. The lowest BCUT2D eigenvalue weighted by atomic mass is 9.94. The number of ether oxygens (including phenoxy) is 2. The number of carbonyl (C=O) groups is 1. The molecule has 5 heteroatoms. The number of amides is 1. The van der Waals surface area contributed by atoms with Crippen molar-refractivity contribution in [1.29, 1.82) is 0 Å². The highest BCUT2D eigenvalue weighted by molar-refractivity contribution is 5.77. The fraction of sp³-hybridized carbons (Fsp3) is 0.550. The van der Waals surface area contributed by atoms with Crippen LogP contribution in [0.15, 0.2) is 36.4 Å². The summed E-state index contributed by atoms with van der Waals surface area (Å²) in [5.41, 5.74) is 0. The van der Waals surface area contributed by atoms with E-state index in [1.807, 2.05) is 29.2 Å². The summed E-state index contributed by atoms with van der Waals surface area (Å²) in [5, 5.41) is 0. The molecule has 1 N–H and O–H groups in total. The van der Waals surface area contributed by atoms with Crippen LogP contribution >= 0.6 is 0 Å². The van der Waals surface area contributed by atoms with E-state index in [1.165, 1.54) is 25.8 Å². The van der Waals surface area contributed by atoms with Gasteiger partial charge in [0.1, 0.15) is 11.5 Å². The predicted molar refractivity (Wildman–Crippen MR) is 97.1 cm³/mol. The van der Waals surface area contributed by atoms with Crippen LogP contribution in [-0.2, 0) is 4.79 Å². The maximum absolute atomic E-state index is 12.3. The van der Waals surface area contributed by atoms with Gasteiger partial charge in [-0.25, -0.2) is 0 Å². The first-order valence-corrected chi connectivity index (χ1v) is 9.28. The van der Waals surface area contributed by atoms with Gasteiger partial charge in [-0.05, 0) is 43.5 Å². The van der Waals surface area contributed by atoms with Gasteiger partial charge in [-0.15, -0.1) is 0 Å². The summed E-state index contributed by atoms with van der Waals surface area (Å²) in [5.74, 6) is 2.38. The molecule has 0 unspecified atom stereocenters. The third-order valence-corrected chi connectivity index (χ3v) is 5.20. The van der Waals surface area contributed by atoms with Crippen LogP contribution in [0.2, 0.25) is 0 Å². The highest BCUT2D eigenvalue weighted by Gasteiger charge is 2.26. The molecule has 25 heavy (non-hydrogen) atoms. The first kappa shape index (κ1) is 17.8.